The van der Waals surface area contributed by atoms with Crippen molar-refractivity contribution in [2.75, 3.05) is 11.1 Å². The first-order chi connectivity index (χ1) is 12.5. The van der Waals surface area contributed by atoms with Crippen LogP contribution in [-0.2, 0) is 4.79 Å². The Morgan fingerprint density at radius 3 is 2.85 bits per heavy atom. The number of hydrogen-bond donors (Lipinski definition) is 2. The third-order valence-corrected chi connectivity index (χ3v) is 5.51. The number of halogens is 1. The number of benzene rings is 1. The van der Waals surface area contributed by atoms with Crippen molar-refractivity contribution in [1.29, 1.82) is 0 Å². The molecule has 1 aromatic carbocycles. The van der Waals surface area contributed by atoms with E-state index in [-0.39, 0.29) is 16.4 Å². The second-order valence-electron chi connectivity index (χ2n) is 5.02. The minimum absolute atomic E-state index is 0.0873. The van der Waals surface area contributed by atoms with E-state index in [1.165, 1.54) is 0 Å². The van der Waals surface area contributed by atoms with Crippen LogP contribution in [0.2, 0.25) is 5.02 Å². The van der Waals surface area contributed by atoms with Crippen LogP contribution in [0.15, 0.2) is 33.1 Å². The number of carbonyl (C=O) groups excluding carboxylic acids is 2. The SMILES string of the molecule is Cc1onc(-c2ccccc2Cl)c1C(=O)Nc1nnc(SCC(N)=O)s1. The van der Waals surface area contributed by atoms with E-state index in [0.29, 0.717) is 26.4 Å². The highest BCUT2D eigenvalue weighted by atomic mass is 35.5. The number of aromatic nitrogens is 3. The van der Waals surface area contributed by atoms with Gasteiger partial charge < -0.3 is 10.3 Å². The number of nitrogens with zero attached hydrogens (tertiary/aromatic N) is 3. The van der Waals surface area contributed by atoms with Crippen molar-refractivity contribution in [2.24, 2.45) is 5.73 Å². The van der Waals surface area contributed by atoms with E-state index in [2.05, 4.69) is 20.7 Å². The first-order valence-corrected chi connectivity index (χ1v) is 9.41. The van der Waals surface area contributed by atoms with Gasteiger partial charge in [0.1, 0.15) is 17.0 Å². The molecule has 134 valence electrons. The van der Waals surface area contributed by atoms with Crippen LogP contribution >= 0.6 is 34.7 Å². The van der Waals surface area contributed by atoms with Crippen molar-refractivity contribution in [1.82, 2.24) is 15.4 Å². The van der Waals surface area contributed by atoms with Crippen molar-refractivity contribution in [2.45, 2.75) is 11.3 Å². The highest BCUT2D eigenvalue weighted by Crippen LogP contribution is 2.32. The van der Waals surface area contributed by atoms with Gasteiger partial charge in [0.25, 0.3) is 5.91 Å². The Bertz CT molecular complexity index is 972. The molecule has 0 saturated carbocycles. The smallest absolute Gasteiger partial charge is 0.263 e. The predicted molar refractivity (Wildman–Crippen MR) is 99.5 cm³/mol. The average molecular weight is 410 g/mol. The number of hydrogen-bond acceptors (Lipinski definition) is 8. The monoisotopic (exact) mass is 409 g/mol. The molecule has 0 aliphatic rings. The van der Waals surface area contributed by atoms with Gasteiger partial charge in [-0.25, -0.2) is 0 Å². The normalized spacial score (nSPS) is 10.7. The number of primary amides is 1. The zero-order valence-corrected chi connectivity index (χ0v) is 15.7. The Labute approximate surface area is 161 Å². The number of nitrogens with two attached hydrogens (primary N) is 1. The summed E-state index contributed by atoms with van der Waals surface area (Å²) in [6.07, 6.45) is 0. The maximum atomic E-state index is 12.7. The minimum Gasteiger partial charge on any atom is -0.369 e. The van der Waals surface area contributed by atoms with Crippen LogP contribution in [0, 0.1) is 6.92 Å². The molecule has 0 spiro atoms. The molecule has 0 fully saturated rings. The second kappa shape index (κ2) is 7.85. The highest BCUT2D eigenvalue weighted by molar-refractivity contribution is 8.01. The summed E-state index contributed by atoms with van der Waals surface area (Å²) < 4.78 is 5.70. The van der Waals surface area contributed by atoms with Gasteiger partial charge in [0.05, 0.1) is 10.8 Å². The lowest BCUT2D eigenvalue weighted by atomic mass is 10.1. The largest absolute Gasteiger partial charge is 0.369 e. The molecular formula is C15H12ClN5O3S2. The molecule has 2 amide bonds. The molecule has 0 atom stereocenters. The molecular weight excluding hydrogens is 398 g/mol. The molecule has 0 radical (unpaired) electrons. The van der Waals surface area contributed by atoms with Crippen molar-refractivity contribution in [3.8, 4) is 11.3 Å². The average Bonchev–Trinajstić information content (AvgIpc) is 3.20. The van der Waals surface area contributed by atoms with Gasteiger partial charge in [-0.2, -0.15) is 0 Å². The molecule has 3 rings (SSSR count). The molecule has 0 bridgehead atoms. The quantitative estimate of drug-likeness (QED) is 0.473. The second-order valence-corrected chi connectivity index (χ2v) is 7.63. The molecule has 2 aromatic heterocycles. The molecule has 26 heavy (non-hydrogen) atoms. The summed E-state index contributed by atoms with van der Waals surface area (Å²) >= 11 is 8.48. The molecule has 0 aliphatic carbocycles. The molecule has 8 nitrogen and oxygen atoms in total. The topological polar surface area (TPSA) is 124 Å². The van der Waals surface area contributed by atoms with Crippen molar-refractivity contribution >= 4 is 51.6 Å². The Morgan fingerprint density at radius 2 is 2.12 bits per heavy atom. The van der Waals surface area contributed by atoms with Gasteiger partial charge in [-0.1, -0.05) is 58.1 Å². The number of aryl methyl sites for hydroxylation is 1. The predicted octanol–water partition coefficient (Wildman–Crippen LogP) is 2.98. The van der Waals surface area contributed by atoms with Crippen LogP contribution in [0.1, 0.15) is 16.1 Å². The molecule has 2 heterocycles. The lowest BCUT2D eigenvalue weighted by Crippen LogP contribution is -2.13. The van der Waals surface area contributed by atoms with E-state index < -0.39 is 11.8 Å². The lowest BCUT2D eigenvalue weighted by molar-refractivity contribution is -0.115. The Morgan fingerprint density at radius 1 is 1.35 bits per heavy atom. The van der Waals surface area contributed by atoms with Gasteiger partial charge >= 0.3 is 0 Å². The van der Waals surface area contributed by atoms with E-state index in [1.54, 1.807) is 31.2 Å². The number of carbonyl (C=O) groups is 2. The molecule has 0 saturated heterocycles. The maximum absolute atomic E-state index is 12.7. The Hall–Kier alpha value is -2.43. The van der Waals surface area contributed by atoms with Crippen LogP contribution in [0.25, 0.3) is 11.3 Å². The summed E-state index contributed by atoms with van der Waals surface area (Å²) in [5.74, 6) is -0.462. The maximum Gasteiger partial charge on any atom is 0.263 e. The van der Waals surface area contributed by atoms with Gasteiger partial charge in [0, 0.05) is 5.56 Å². The van der Waals surface area contributed by atoms with Gasteiger partial charge in [0.15, 0.2) is 4.34 Å². The molecule has 0 aliphatic heterocycles. The third-order valence-electron chi connectivity index (χ3n) is 3.18. The fourth-order valence-electron chi connectivity index (χ4n) is 2.09. The number of amides is 2. The van der Waals surface area contributed by atoms with Crippen LogP contribution in [0.5, 0.6) is 0 Å². The van der Waals surface area contributed by atoms with Crippen molar-refractivity contribution in [3.63, 3.8) is 0 Å². The standard InChI is InChI=1S/C15H12ClN5O3S2/c1-7-11(12(21-24-7)8-4-2-3-5-9(8)16)13(23)18-14-19-20-15(26-14)25-6-10(17)22/h2-5H,6H2,1H3,(H2,17,22)(H,18,19,23). The highest BCUT2D eigenvalue weighted by Gasteiger charge is 2.24. The third kappa shape index (κ3) is 4.03. The Balaban J connectivity index is 1.82. The molecule has 3 N–H and O–H groups in total. The molecule has 0 unspecified atom stereocenters. The summed E-state index contributed by atoms with van der Waals surface area (Å²) in [6, 6.07) is 7.03. The van der Waals surface area contributed by atoms with Crippen LogP contribution < -0.4 is 11.1 Å². The van der Waals surface area contributed by atoms with Gasteiger partial charge in [-0.05, 0) is 13.0 Å². The minimum atomic E-state index is -0.458. The lowest BCUT2D eigenvalue weighted by Gasteiger charge is -2.04. The van der Waals surface area contributed by atoms with E-state index in [0.717, 1.165) is 23.1 Å². The van der Waals surface area contributed by atoms with Crippen molar-refractivity contribution in [3.05, 3.63) is 40.6 Å². The number of rotatable bonds is 6. The zero-order valence-electron chi connectivity index (χ0n) is 13.4. The van der Waals surface area contributed by atoms with E-state index in [1.807, 2.05) is 0 Å². The number of thioether (sulfide) groups is 1. The first-order valence-electron chi connectivity index (χ1n) is 7.23. The number of anilines is 1. The summed E-state index contributed by atoms with van der Waals surface area (Å²) in [6.45, 7) is 1.64. The molecule has 3 aromatic rings. The van der Waals surface area contributed by atoms with Crippen LogP contribution in [0.4, 0.5) is 5.13 Å². The first kappa shape index (κ1) is 18.4. The van der Waals surface area contributed by atoms with E-state index >= 15 is 0 Å². The Kier molecular flexibility index (Phi) is 5.55. The fraction of sp³-hybridized carbons (Fsp3) is 0.133. The summed E-state index contributed by atoms with van der Waals surface area (Å²) in [7, 11) is 0. The van der Waals surface area contributed by atoms with E-state index in [9.17, 15) is 9.59 Å². The zero-order chi connectivity index (χ0) is 18.7. The fourth-order valence-corrected chi connectivity index (χ4v) is 3.80. The summed E-state index contributed by atoms with van der Waals surface area (Å²) in [4.78, 5) is 23.5. The van der Waals surface area contributed by atoms with Crippen LogP contribution in [0.3, 0.4) is 0 Å². The van der Waals surface area contributed by atoms with Gasteiger partial charge in [-0.15, -0.1) is 10.2 Å². The van der Waals surface area contributed by atoms with Crippen LogP contribution in [-0.4, -0.2) is 32.9 Å². The molecule has 11 heteroatoms. The summed E-state index contributed by atoms with van der Waals surface area (Å²) in [5, 5.41) is 15.1. The van der Waals surface area contributed by atoms with Crippen molar-refractivity contribution < 1.29 is 14.1 Å². The van der Waals surface area contributed by atoms with Gasteiger partial charge in [0.2, 0.25) is 11.0 Å². The number of nitrogens with one attached hydrogen (secondary N) is 1. The summed E-state index contributed by atoms with van der Waals surface area (Å²) in [5.41, 5.74) is 6.29. The van der Waals surface area contributed by atoms with E-state index in [4.69, 9.17) is 21.9 Å². The van der Waals surface area contributed by atoms with Gasteiger partial charge in [-0.3, -0.25) is 14.9 Å².